The Morgan fingerprint density at radius 1 is 1.00 bits per heavy atom. The Hall–Kier alpha value is -3.16. The van der Waals surface area contributed by atoms with E-state index in [-0.39, 0.29) is 17.1 Å². The number of anilines is 2. The molecule has 3 aromatic carbocycles. The minimum Gasteiger partial charge on any atom is -0.322 e. The van der Waals surface area contributed by atoms with Gasteiger partial charge >= 0.3 is 0 Å². The lowest BCUT2D eigenvalue weighted by Gasteiger charge is -2.14. The summed E-state index contributed by atoms with van der Waals surface area (Å²) in [5.74, 6) is -0.223. The molecule has 4 aromatic rings. The van der Waals surface area contributed by atoms with E-state index in [2.05, 4.69) is 21.7 Å². The van der Waals surface area contributed by atoms with E-state index < -0.39 is 0 Å². The van der Waals surface area contributed by atoms with Crippen molar-refractivity contribution in [2.45, 2.75) is 37.3 Å². The summed E-state index contributed by atoms with van der Waals surface area (Å²) < 4.78 is 1.06. The molecule has 2 N–H and O–H groups in total. The van der Waals surface area contributed by atoms with E-state index in [1.807, 2.05) is 81.4 Å². The normalized spacial score (nSPS) is 11.8. The number of hydrogen-bond acceptors (Lipinski definition) is 5. The molecule has 0 aliphatic heterocycles. The maximum atomic E-state index is 12.9. The lowest BCUT2D eigenvalue weighted by atomic mass is 10.1. The fraction of sp³-hybridized carbons (Fsp3) is 0.192. The molecule has 0 fully saturated rings. The van der Waals surface area contributed by atoms with Gasteiger partial charge in [0.05, 0.1) is 15.5 Å². The van der Waals surface area contributed by atoms with Gasteiger partial charge in [-0.05, 0) is 67.8 Å². The van der Waals surface area contributed by atoms with Crippen molar-refractivity contribution in [3.05, 3.63) is 83.4 Å². The zero-order chi connectivity index (χ0) is 23.4. The van der Waals surface area contributed by atoms with Crippen LogP contribution >= 0.6 is 23.1 Å². The van der Waals surface area contributed by atoms with Gasteiger partial charge in [0, 0.05) is 16.1 Å². The first kappa shape index (κ1) is 23.0. The minimum atomic E-state index is -0.277. The van der Waals surface area contributed by atoms with Crippen LogP contribution in [0.25, 0.3) is 10.2 Å². The van der Waals surface area contributed by atoms with Crippen molar-refractivity contribution in [2.24, 2.45) is 0 Å². The second kappa shape index (κ2) is 10.2. The number of aryl methyl sites for hydroxylation is 2. The Morgan fingerprint density at radius 3 is 2.61 bits per heavy atom. The summed E-state index contributed by atoms with van der Waals surface area (Å²) in [5.41, 5.74) is 4.32. The molecule has 0 saturated heterocycles. The van der Waals surface area contributed by atoms with Crippen LogP contribution < -0.4 is 10.6 Å². The Bertz CT molecular complexity index is 1320. The quantitative estimate of drug-likeness (QED) is 0.293. The Balaban J connectivity index is 1.43. The van der Waals surface area contributed by atoms with Gasteiger partial charge in [0.15, 0.2) is 5.13 Å². The molecular weight excluding hydrogens is 450 g/mol. The predicted molar refractivity (Wildman–Crippen MR) is 138 cm³/mol. The largest absolute Gasteiger partial charge is 0.322 e. The summed E-state index contributed by atoms with van der Waals surface area (Å²) in [6.45, 7) is 5.94. The fourth-order valence-corrected chi connectivity index (χ4v) is 5.41. The number of nitrogens with one attached hydrogen (secondary N) is 2. The molecule has 1 unspecified atom stereocenters. The highest BCUT2D eigenvalue weighted by molar-refractivity contribution is 8.00. The summed E-state index contributed by atoms with van der Waals surface area (Å²) in [5, 5.41) is 6.27. The second-order valence-electron chi connectivity index (χ2n) is 7.79. The average Bonchev–Trinajstić information content (AvgIpc) is 3.19. The third-order valence-electron chi connectivity index (χ3n) is 5.20. The Kier molecular flexibility index (Phi) is 7.11. The van der Waals surface area contributed by atoms with Gasteiger partial charge in [0.25, 0.3) is 5.91 Å². The fourth-order valence-electron chi connectivity index (χ4n) is 3.43. The van der Waals surface area contributed by atoms with Crippen LogP contribution in [0.1, 0.15) is 34.8 Å². The molecule has 0 aliphatic carbocycles. The predicted octanol–water partition coefficient (Wildman–Crippen LogP) is 6.67. The number of carbonyl (C=O) groups excluding carboxylic acids is 2. The monoisotopic (exact) mass is 475 g/mol. The first-order valence-electron chi connectivity index (χ1n) is 10.7. The van der Waals surface area contributed by atoms with Crippen LogP contribution in [0.5, 0.6) is 0 Å². The van der Waals surface area contributed by atoms with Crippen molar-refractivity contribution in [3.8, 4) is 0 Å². The molecule has 1 heterocycles. The highest BCUT2D eigenvalue weighted by Gasteiger charge is 2.20. The number of rotatable bonds is 7. The van der Waals surface area contributed by atoms with Crippen LogP contribution in [0.2, 0.25) is 0 Å². The third-order valence-corrected chi connectivity index (χ3v) is 7.49. The number of thiazole rings is 1. The number of benzene rings is 3. The summed E-state index contributed by atoms with van der Waals surface area (Å²) >= 11 is 2.96. The number of hydrogen-bond donors (Lipinski definition) is 2. The van der Waals surface area contributed by atoms with Gasteiger partial charge in [-0.1, -0.05) is 48.6 Å². The highest BCUT2D eigenvalue weighted by atomic mass is 32.2. The molecule has 4 rings (SSSR count). The Labute approximate surface area is 201 Å². The first-order chi connectivity index (χ1) is 15.9. The SMILES string of the molecule is CCC(Sc1cccc(NC(=O)c2ccccc2C)c1)C(=O)Nc1nc2ccc(C)cc2s1. The molecule has 0 spiro atoms. The molecule has 0 aliphatic rings. The van der Waals surface area contributed by atoms with E-state index in [1.165, 1.54) is 28.7 Å². The van der Waals surface area contributed by atoms with Crippen LogP contribution in [0.4, 0.5) is 10.8 Å². The number of thioether (sulfide) groups is 1. The van der Waals surface area contributed by atoms with E-state index in [0.717, 1.165) is 20.7 Å². The lowest BCUT2D eigenvalue weighted by molar-refractivity contribution is -0.115. The van der Waals surface area contributed by atoms with Crippen molar-refractivity contribution < 1.29 is 9.59 Å². The summed E-state index contributed by atoms with van der Waals surface area (Å²) in [6, 6.07) is 21.1. The van der Waals surface area contributed by atoms with E-state index >= 15 is 0 Å². The molecule has 1 aromatic heterocycles. The summed E-state index contributed by atoms with van der Waals surface area (Å²) in [4.78, 5) is 31.0. The van der Waals surface area contributed by atoms with Crippen molar-refractivity contribution in [1.82, 2.24) is 4.98 Å². The zero-order valence-corrected chi connectivity index (χ0v) is 20.3. The van der Waals surface area contributed by atoms with Gasteiger partial charge in [0.1, 0.15) is 0 Å². The zero-order valence-electron chi connectivity index (χ0n) is 18.7. The molecule has 5 nitrogen and oxygen atoms in total. The molecule has 168 valence electrons. The maximum absolute atomic E-state index is 12.9. The van der Waals surface area contributed by atoms with Crippen molar-refractivity contribution in [2.75, 3.05) is 10.6 Å². The topological polar surface area (TPSA) is 71.1 Å². The average molecular weight is 476 g/mol. The van der Waals surface area contributed by atoms with Crippen LogP contribution in [0, 0.1) is 13.8 Å². The first-order valence-corrected chi connectivity index (χ1v) is 12.4. The summed E-state index contributed by atoms with van der Waals surface area (Å²) in [6.07, 6.45) is 0.667. The molecular formula is C26H25N3O2S2. The van der Waals surface area contributed by atoms with Crippen LogP contribution in [-0.4, -0.2) is 22.0 Å². The standard InChI is InChI=1S/C26H25N3O2S2/c1-4-22(25(31)29-26-28-21-13-12-16(2)14-23(21)33-26)32-19-10-7-9-18(15-19)27-24(30)20-11-6-5-8-17(20)3/h5-15,22H,4H2,1-3H3,(H,27,30)(H,28,29,31). The molecule has 0 radical (unpaired) electrons. The van der Waals surface area contributed by atoms with E-state index in [4.69, 9.17) is 0 Å². The van der Waals surface area contributed by atoms with E-state index in [0.29, 0.717) is 22.8 Å². The van der Waals surface area contributed by atoms with Gasteiger partial charge in [-0.15, -0.1) is 11.8 Å². The van der Waals surface area contributed by atoms with Crippen LogP contribution in [-0.2, 0) is 4.79 Å². The van der Waals surface area contributed by atoms with Gasteiger partial charge in [-0.25, -0.2) is 4.98 Å². The van der Waals surface area contributed by atoms with Crippen molar-refractivity contribution in [3.63, 3.8) is 0 Å². The second-order valence-corrected chi connectivity index (χ2v) is 10.1. The molecule has 1 atom stereocenters. The van der Waals surface area contributed by atoms with Crippen LogP contribution in [0.15, 0.2) is 71.6 Å². The van der Waals surface area contributed by atoms with E-state index in [1.54, 1.807) is 0 Å². The molecule has 0 saturated carbocycles. The Morgan fingerprint density at radius 2 is 1.82 bits per heavy atom. The van der Waals surface area contributed by atoms with Crippen molar-refractivity contribution in [1.29, 1.82) is 0 Å². The molecule has 33 heavy (non-hydrogen) atoms. The number of amides is 2. The molecule has 7 heteroatoms. The third kappa shape index (κ3) is 5.61. The number of fused-ring (bicyclic) bond motifs is 1. The highest BCUT2D eigenvalue weighted by Crippen LogP contribution is 2.31. The maximum Gasteiger partial charge on any atom is 0.255 e. The number of nitrogens with zero attached hydrogens (tertiary/aromatic N) is 1. The minimum absolute atomic E-state index is 0.0763. The van der Waals surface area contributed by atoms with Gasteiger partial charge < -0.3 is 10.6 Å². The lowest BCUT2D eigenvalue weighted by Crippen LogP contribution is -2.24. The molecule has 0 bridgehead atoms. The number of aromatic nitrogens is 1. The van der Waals surface area contributed by atoms with Gasteiger partial charge in [0.2, 0.25) is 5.91 Å². The smallest absolute Gasteiger partial charge is 0.255 e. The van der Waals surface area contributed by atoms with E-state index in [9.17, 15) is 9.59 Å². The van der Waals surface area contributed by atoms with Crippen LogP contribution in [0.3, 0.4) is 0 Å². The van der Waals surface area contributed by atoms with Crippen molar-refractivity contribution >= 4 is 55.9 Å². The van der Waals surface area contributed by atoms with Gasteiger partial charge in [-0.2, -0.15) is 0 Å². The van der Waals surface area contributed by atoms with Gasteiger partial charge in [-0.3, -0.25) is 9.59 Å². The summed E-state index contributed by atoms with van der Waals surface area (Å²) in [7, 11) is 0. The molecule has 2 amide bonds. The number of carbonyl (C=O) groups is 2.